The fourth-order valence-electron chi connectivity index (χ4n) is 2.66. The Labute approximate surface area is 104 Å². The minimum atomic E-state index is 0.354. The summed E-state index contributed by atoms with van der Waals surface area (Å²) in [7, 11) is 0. The number of hydrogen-bond acceptors (Lipinski definition) is 2. The number of aliphatic hydroxyl groups is 1. The third-order valence-electron chi connectivity index (χ3n) is 3.98. The quantitative estimate of drug-likeness (QED) is 0.867. The Morgan fingerprint density at radius 2 is 2.06 bits per heavy atom. The molecule has 1 aliphatic heterocycles. The number of rotatable bonds is 3. The van der Waals surface area contributed by atoms with Gasteiger partial charge in [0.1, 0.15) is 0 Å². The Bertz CT molecular complexity index is 356. The van der Waals surface area contributed by atoms with Crippen LogP contribution in [0.15, 0.2) is 24.3 Å². The van der Waals surface area contributed by atoms with Gasteiger partial charge in [-0.3, -0.25) is 4.90 Å². The van der Waals surface area contributed by atoms with Crippen molar-refractivity contribution in [3.05, 3.63) is 35.4 Å². The first-order valence-electron chi connectivity index (χ1n) is 6.62. The van der Waals surface area contributed by atoms with Crippen LogP contribution in [-0.2, 0) is 0 Å². The summed E-state index contributed by atoms with van der Waals surface area (Å²) < 4.78 is 0. The Morgan fingerprint density at radius 1 is 1.35 bits per heavy atom. The molecule has 2 heteroatoms. The molecule has 0 radical (unpaired) electrons. The predicted octanol–water partition coefficient (Wildman–Crippen LogP) is 2.76. The molecule has 0 spiro atoms. The second kappa shape index (κ2) is 5.65. The molecule has 1 aliphatic rings. The molecule has 1 aromatic rings. The lowest BCUT2D eigenvalue weighted by molar-refractivity contribution is 0.106. The Balaban J connectivity index is 1.99. The van der Waals surface area contributed by atoms with Gasteiger partial charge >= 0.3 is 0 Å². The molecular weight excluding hydrogens is 210 g/mol. The van der Waals surface area contributed by atoms with E-state index in [1.54, 1.807) is 0 Å². The van der Waals surface area contributed by atoms with Crippen LogP contribution in [0, 0.1) is 12.8 Å². The monoisotopic (exact) mass is 233 g/mol. The van der Waals surface area contributed by atoms with Crippen LogP contribution in [0.2, 0.25) is 0 Å². The zero-order valence-electron chi connectivity index (χ0n) is 10.9. The maximum Gasteiger partial charge on any atom is 0.0460 e. The predicted molar refractivity (Wildman–Crippen MR) is 71.0 cm³/mol. The van der Waals surface area contributed by atoms with E-state index in [1.807, 2.05) is 0 Å². The minimum absolute atomic E-state index is 0.354. The van der Waals surface area contributed by atoms with E-state index in [2.05, 4.69) is 43.0 Å². The van der Waals surface area contributed by atoms with Crippen LogP contribution < -0.4 is 0 Å². The fraction of sp³-hybridized carbons (Fsp3) is 0.600. The van der Waals surface area contributed by atoms with E-state index in [0.29, 0.717) is 18.6 Å². The molecule has 0 aromatic heterocycles. The zero-order valence-corrected chi connectivity index (χ0v) is 10.9. The van der Waals surface area contributed by atoms with Gasteiger partial charge in [-0.15, -0.1) is 0 Å². The van der Waals surface area contributed by atoms with Crippen LogP contribution >= 0.6 is 0 Å². The van der Waals surface area contributed by atoms with Crippen molar-refractivity contribution >= 4 is 0 Å². The van der Waals surface area contributed by atoms with Crippen molar-refractivity contribution in [1.82, 2.24) is 4.90 Å². The van der Waals surface area contributed by atoms with E-state index in [-0.39, 0.29) is 0 Å². The van der Waals surface area contributed by atoms with Gasteiger partial charge in [0.2, 0.25) is 0 Å². The van der Waals surface area contributed by atoms with Gasteiger partial charge in [-0.25, -0.2) is 0 Å². The first-order valence-corrected chi connectivity index (χ1v) is 6.62. The van der Waals surface area contributed by atoms with Gasteiger partial charge in [0, 0.05) is 12.6 Å². The van der Waals surface area contributed by atoms with E-state index in [4.69, 9.17) is 5.11 Å². The minimum Gasteiger partial charge on any atom is -0.396 e. The number of piperidine rings is 1. The fourth-order valence-corrected chi connectivity index (χ4v) is 2.66. The number of aryl methyl sites for hydroxylation is 1. The molecule has 94 valence electrons. The van der Waals surface area contributed by atoms with E-state index >= 15 is 0 Å². The molecule has 1 heterocycles. The number of hydrogen-bond donors (Lipinski definition) is 1. The molecular formula is C15H23NO. The molecule has 0 saturated carbocycles. The molecule has 1 N–H and O–H groups in total. The van der Waals surface area contributed by atoms with Gasteiger partial charge in [-0.2, -0.15) is 0 Å². The van der Waals surface area contributed by atoms with E-state index in [9.17, 15) is 0 Å². The first kappa shape index (κ1) is 12.6. The number of aliphatic hydroxyl groups excluding tert-OH is 1. The largest absolute Gasteiger partial charge is 0.396 e. The van der Waals surface area contributed by atoms with Gasteiger partial charge in [0.05, 0.1) is 0 Å². The average molecular weight is 233 g/mol. The summed E-state index contributed by atoms with van der Waals surface area (Å²) in [5, 5.41) is 9.15. The lowest BCUT2D eigenvalue weighted by Crippen LogP contribution is -2.36. The molecule has 17 heavy (non-hydrogen) atoms. The SMILES string of the molecule is Cc1cccc(C(C)N2CCC(CO)CC2)c1. The highest BCUT2D eigenvalue weighted by Crippen LogP contribution is 2.26. The topological polar surface area (TPSA) is 23.5 Å². The summed E-state index contributed by atoms with van der Waals surface area (Å²) >= 11 is 0. The molecule has 0 aliphatic carbocycles. The molecule has 2 rings (SSSR count). The normalized spacial score (nSPS) is 20.4. The van der Waals surface area contributed by atoms with Crippen LogP contribution in [0.5, 0.6) is 0 Å². The summed E-state index contributed by atoms with van der Waals surface area (Å²) in [6.07, 6.45) is 2.26. The summed E-state index contributed by atoms with van der Waals surface area (Å²) in [5.41, 5.74) is 2.74. The van der Waals surface area contributed by atoms with Gasteiger partial charge < -0.3 is 5.11 Å². The van der Waals surface area contributed by atoms with Crippen molar-refractivity contribution in [2.24, 2.45) is 5.92 Å². The van der Waals surface area contributed by atoms with E-state index in [1.165, 1.54) is 11.1 Å². The van der Waals surface area contributed by atoms with Crippen molar-refractivity contribution in [2.75, 3.05) is 19.7 Å². The molecule has 1 atom stereocenters. The lowest BCUT2D eigenvalue weighted by atomic mass is 9.95. The number of nitrogens with zero attached hydrogens (tertiary/aromatic N) is 1. The lowest BCUT2D eigenvalue weighted by Gasteiger charge is -2.35. The van der Waals surface area contributed by atoms with Crippen LogP contribution in [0.25, 0.3) is 0 Å². The molecule has 1 saturated heterocycles. The van der Waals surface area contributed by atoms with Gasteiger partial charge in [0.25, 0.3) is 0 Å². The third kappa shape index (κ3) is 3.08. The second-order valence-corrected chi connectivity index (χ2v) is 5.25. The molecule has 2 nitrogen and oxygen atoms in total. The van der Waals surface area contributed by atoms with Crippen molar-refractivity contribution < 1.29 is 5.11 Å². The maximum atomic E-state index is 9.15. The molecule has 1 unspecified atom stereocenters. The van der Waals surface area contributed by atoms with Crippen LogP contribution in [0.4, 0.5) is 0 Å². The third-order valence-corrected chi connectivity index (χ3v) is 3.98. The van der Waals surface area contributed by atoms with Crippen LogP contribution in [0.3, 0.4) is 0 Å². The van der Waals surface area contributed by atoms with Crippen molar-refractivity contribution in [3.63, 3.8) is 0 Å². The van der Waals surface area contributed by atoms with Gasteiger partial charge in [-0.05, 0) is 51.3 Å². The highest BCUT2D eigenvalue weighted by atomic mass is 16.3. The smallest absolute Gasteiger partial charge is 0.0460 e. The highest BCUT2D eigenvalue weighted by molar-refractivity contribution is 5.24. The molecule has 0 amide bonds. The van der Waals surface area contributed by atoms with Gasteiger partial charge in [-0.1, -0.05) is 29.8 Å². The molecule has 0 bridgehead atoms. The van der Waals surface area contributed by atoms with Crippen LogP contribution in [0.1, 0.15) is 36.9 Å². The van der Waals surface area contributed by atoms with Gasteiger partial charge in [0.15, 0.2) is 0 Å². The number of benzene rings is 1. The Hall–Kier alpha value is -0.860. The Kier molecular flexibility index (Phi) is 4.19. The standard InChI is InChI=1S/C15H23NO/c1-12-4-3-5-15(10-12)13(2)16-8-6-14(11-17)7-9-16/h3-5,10,13-14,17H,6-9,11H2,1-2H3. The highest BCUT2D eigenvalue weighted by Gasteiger charge is 2.22. The summed E-state index contributed by atoms with van der Waals surface area (Å²) in [4.78, 5) is 2.53. The van der Waals surface area contributed by atoms with Crippen LogP contribution in [-0.4, -0.2) is 29.7 Å². The van der Waals surface area contributed by atoms with Crippen molar-refractivity contribution in [2.45, 2.75) is 32.7 Å². The first-order chi connectivity index (χ1) is 8.20. The maximum absolute atomic E-state index is 9.15. The number of likely N-dealkylation sites (tertiary alicyclic amines) is 1. The molecule has 1 fully saturated rings. The zero-order chi connectivity index (χ0) is 12.3. The molecule has 1 aromatic carbocycles. The second-order valence-electron chi connectivity index (χ2n) is 5.25. The summed E-state index contributed by atoms with van der Waals surface area (Å²) in [6.45, 7) is 7.01. The van der Waals surface area contributed by atoms with E-state index < -0.39 is 0 Å². The summed E-state index contributed by atoms with van der Waals surface area (Å²) in [6, 6.07) is 9.28. The van der Waals surface area contributed by atoms with Crippen molar-refractivity contribution in [1.29, 1.82) is 0 Å². The average Bonchev–Trinajstić information content (AvgIpc) is 2.38. The van der Waals surface area contributed by atoms with Crippen molar-refractivity contribution in [3.8, 4) is 0 Å². The van der Waals surface area contributed by atoms with E-state index in [0.717, 1.165) is 25.9 Å². The summed E-state index contributed by atoms with van der Waals surface area (Å²) in [5.74, 6) is 0.524. The Morgan fingerprint density at radius 3 is 2.65 bits per heavy atom.